The van der Waals surface area contributed by atoms with Crippen LogP contribution in [0, 0.1) is 10.1 Å². The van der Waals surface area contributed by atoms with Crippen LogP contribution < -0.4 is 9.64 Å². The number of hydrogen-bond donors (Lipinski definition) is 0. The maximum absolute atomic E-state index is 12.2. The third-order valence-electron chi connectivity index (χ3n) is 4.24. The number of rotatable bonds is 5. The van der Waals surface area contributed by atoms with Gasteiger partial charge in [0.1, 0.15) is 17.2 Å². The highest BCUT2D eigenvalue weighted by atomic mass is 16.6. The predicted molar refractivity (Wildman–Crippen MR) is 96.2 cm³/mol. The first-order valence-electron chi connectivity index (χ1n) is 8.16. The molecule has 1 saturated heterocycles. The molecular formula is C18H19N3O5. The van der Waals surface area contributed by atoms with Crippen LogP contribution in [0.2, 0.25) is 0 Å². The Morgan fingerprint density at radius 1 is 1.27 bits per heavy atom. The number of carbonyl (C=O) groups excluding carboxylic acids is 1. The van der Waals surface area contributed by atoms with Gasteiger partial charge in [0.25, 0.3) is 5.69 Å². The highest BCUT2D eigenvalue weighted by molar-refractivity contribution is 5.91. The molecule has 8 heteroatoms. The SMILES string of the molecule is COc1ccc(N2CCN(C(=O)C=Cc3ccco3)CC2)c([N+](=O)[O-])c1. The van der Waals surface area contributed by atoms with Gasteiger partial charge in [-0.3, -0.25) is 14.9 Å². The molecule has 26 heavy (non-hydrogen) atoms. The van der Waals surface area contributed by atoms with Crippen molar-refractivity contribution in [1.29, 1.82) is 0 Å². The molecule has 0 radical (unpaired) electrons. The molecule has 1 aromatic heterocycles. The van der Waals surface area contributed by atoms with E-state index >= 15 is 0 Å². The van der Waals surface area contributed by atoms with E-state index in [9.17, 15) is 14.9 Å². The van der Waals surface area contributed by atoms with E-state index in [4.69, 9.17) is 9.15 Å². The van der Waals surface area contributed by atoms with Crippen molar-refractivity contribution in [3.63, 3.8) is 0 Å². The molecule has 0 atom stereocenters. The minimum Gasteiger partial charge on any atom is -0.496 e. The van der Waals surface area contributed by atoms with Crippen LogP contribution in [-0.2, 0) is 4.79 Å². The van der Waals surface area contributed by atoms with Crippen molar-refractivity contribution >= 4 is 23.4 Å². The van der Waals surface area contributed by atoms with Crippen molar-refractivity contribution in [3.8, 4) is 5.75 Å². The molecule has 2 heterocycles. The van der Waals surface area contributed by atoms with Gasteiger partial charge in [-0.05, 0) is 30.3 Å². The Balaban J connectivity index is 1.65. The quantitative estimate of drug-likeness (QED) is 0.464. The fourth-order valence-electron chi connectivity index (χ4n) is 2.86. The lowest BCUT2D eigenvalue weighted by Gasteiger charge is -2.35. The average molecular weight is 357 g/mol. The van der Waals surface area contributed by atoms with Gasteiger partial charge in [-0.15, -0.1) is 0 Å². The lowest BCUT2D eigenvalue weighted by molar-refractivity contribution is -0.384. The molecule has 1 aliphatic heterocycles. The van der Waals surface area contributed by atoms with Gasteiger partial charge in [-0.25, -0.2) is 0 Å². The minimum atomic E-state index is -0.415. The number of ether oxygens (including phenoxy) is 1. The summed E-state index contributed by atoms with van der Waals surface area (Å²) in [4.78, 5) is 26.8. The molecule has 8 nitrogen and oxygen atoms in total. The maximum Gasteiger partial charge on any atom is 0.296 e. The molecular weight excluding hydrogens is 338 g/mol. The smallest absolute Gasteiger partial charge is 0.296 e. The number of benzene rings is 1. The van der Waals surface area contributed by atoms with Crippen molar-refractivity contribution in [2.24, 2.45) is 0 Å². The molecule has 0 spiro atoms. The molecule has 0 bridgehead atoms. The van der Waals surface area contributed by atoms with E-state index in [-0.39, 0.29) is 11.6 Å². The van der Waals surface area contributed by atoms with E-state index in [1.165, 1.54) is 19.3 Å². The van der Waals surface area contributed by atoms with Gasteiger partial charge in [0.05, 0.1) is 24.4 Å². The van der Waals surface area contributed by atoms with Gasteiger partial charge in [-0.2, -0.15) is 0 Å². The Morgan fingerprint density at radius 2 is 2.04 bits per heavy atom. The average Bonchev–Trinajstić information content (AvgIpc) is 3.19. The number of amides is 1. The fourth-order valence-corrected chi connectivity index (χ4v) is 2.86. The highest BCUT2D eigenvalue weighted by Crippen LogP contribution is 2.32. The van der Waals surface area contributed by atoms with Crippen molar-refractivity contribution in [2.75, 3.05) is 38.2 Å². The molecule has 1 fully saturated rings. The molecule has 1 aromatic carbocycles. The molecule has 1 amide bonds. The van der Waals surface area contributed by atoms with Crippen molar-refractivity contribution in [3.05, 3.63) is 58.5 Å². The van der Waals surface area contributed by atoms with Crippen molar-refractivity contribution in [2.45, 2.75) is 0 Å². The van der Waals surface area contributed by atoms with Gasteiger partial charge < -0.3 is 19.0 Å². The van der Waals surface area contributed by atoms with Crippen LogP contribution in [0.5, 0.6) is 5.75 Å². The summed E-state index contributed by atoms with van der Waals surface area (Å²) >= 11 is 0. The number of furan rings is 1. The number of carbonyl (C=O) groups is 1. The minimum absolute atomic E-state index is 0.00171. The largest absolute Gasteiger partial charge is 0.496 e. The van der Waals surface area contributed by atoms with Gasteiger partial charge >= 0.3 is 0 Å². The molecule has 0 aliphatic carbocycles. The van der Waals surface area contributed by atoms with Crippen LogP contribution in [-0.4, -0.2) is 49.0 Å². The van der Waals surface area contributed by atoms with E-state index in [1.54, 1.807) is 41.5 Å². The summed E-state index contributed by atoms with van der Waals surface area (Å²) in [5.41, 5.74) is 0.538. The molecule has 3 rings (SSSR count). The lowest BCUT2D eigenvalue weighted by Crippen LogP contribution is -2.48. The normalized spacial score (nSPS) is 14.7. The summed E-state index contributed by atoms with van der Waals surface area (Å²) in [7, 11) is 1.47. The first kappa shape index (κ1) is 17.5. The van der Waals surface area contributed by atoms with Crippen LogP contribution in [0.1, 0.15) is 5.76 Å². The van der Waals surface area contributed by atoms with Crippen molar-refractivity contribution < 1.29 is 18.9 Å². The molecule has 136 valence electrons. The summed E-state index contributed by atoms with van der Waals surface area (Å²) in [6, 6.07) is 8.32. The second-order valence-corrected chi connectivity index (χ2v) is 5.77. The zero-order chi connectivity index (χ0) is 18.5. The second kappa shape index (κ2) is 7.73. The summed E-state index contributed by atoms with van der Waals surface area (Å²) in [6.45, 7) is 2.02. The van der Waals surface area contributed by atoms with Crippen LogP contribution in [0.25, 0.3) is 6.08 Å². The summed E-state index contributed by atoms with van der Waals surface area (Å²) in [6.07, 6.45) is 4.65. The number of nitro benzene ring substituents is 1. The number of anilines is 1. The van der Waals surface area contributed by atoms with E-state index in [0.717, 1.165) is 0 Å². The first-order valence-corrected chi connectivity index (χ1v) is 8.16. The Labute approximate surface area is 150 Å². The number of hydrogen-bond acceptors (Lipinski definition) is 6. The number of nitro groups is 1. The molecule has 1 aliphatic rings. The Bertz CT molecular complexity index is 808. The van der Waals surface area contributed by atoms with Gasteiger partial charge in [0.2, 0.25) is 5.91 Å². The molecule has 0 unspecified atom stereocenters. The lowest BCUT2D eigenvalue weighted by atomic mass is 10.2. The third-order valence-corrected chi connectivity index (χ3v) is 4.24. The van der Waals surface area contributed by atoms with Gasteiger partial charge in [0.15, 0.2) is 0 Å². The summed E-state index contributed by atoms with van der Waals surface area (Å²) < 4.78 is 10.2. The Morgan fingerprint density at radius 3 is 2.65 bits per heavy atom. The van der Waals surface area contributed by atoms with Crippen molar-refractivity contribution in [1.82, 2.24) is 4.90 Å². The van der Waals surface area contributed by atoms with Crippen LogP contribution in [0.15, 0.2) is 47.1 Å². The van der Waals surface area contributed by atoms with Gasteiger partial charge in [0, 0.05) is 32.3 Å². The standard InChI is InChI=1S/C18H19N3O5/c1-25-15-4-6-16(17(13-15)21(23)24)19-8-10-20(11-9-19)18(22)7-5-14-3-2-12-26-14/h2-7,12-13H,8-11H2,1H3. The first-order chi connectivity index (χ1) is 12.6. The molecule has 2 aromatic rings. The summed E-state index contributed by atoms with van der Waals surface area (Å²) in [5, 5.41) is 11.3. The molecule has 0 N–H and O–H groups in total. The maximum atomic E-state index is 12.2. The zero-order valence-corrected chi connectivity index (χ0v) is 14.3. The number of nitrogens with zero attached hydrogens (tertiary/aromatic N) is 3. The monoisotopic (exact) mass is 357 g/mol. The van der Waals surface area contributed by atoms with Gasteiger partial charge in [-0.1, -0.05) is 0 Å². The number of piperazine rings is 1. The molecule has 0 saturated carbocycles. The highest BCUT2D eigenvalue weighted by Gasteiger charge is 2.25. The zero-order valence-electron chi connectivity index (χ0n) is 14.3. The summed E-state index contributed by atoms with van der Waals surface area (Å²) in [5.74, 6) is 0.952. The van der Waals surface area contributed by atoms with Crippen LogP contribution >= 0.6 is 0 Å². The third kappa shape index (κ3) is 3.85. The topological polar surface area (TPSA) is 89.1 Å². The van der Waals surface area contributed by atoms with E-state index in [1.807, 2.05) is 4.90 Å². The second-order valence-electron chi connectivity index (χ2n) is 5.77. The van der Waals surface area contributed by atoms with Crippen LogP contribution in [0.4, 0.5) is 11.4 Å². The Hall–Kier alpha value is -3.29. The Kier molecular flexibility index (Phi) is 5.21. The van der Waals surface area contributed by atoms with E-state index in [2.05, 4.69) is 0 Å². The fraction of sp³-hybridized carbons (Fsp3) is 0.278. The number of methoxy groups -OCH3 is 1. The van der Waals surface area contributed by atoms with Crippen LogP contribution in [0.3, 0.4) is 0 Å². The van der Waals surface area contributed by atoms with E-state index < -0.39 is 4.92 Å². The van der Waals surface area contributed by atoms with E-state index in [0.29, 0.717) is 43.4 Å². The predicted octanol–water partition coefficient (Wildman–Crippen LogP) is 2.56.